The Morgan fingerprint density at radius 2 is 2.40 bits per heavy atom. The number of amides is 1. The van der Waals surface area contributed by atoms with Gasteiger partial charge in [0.1, 0.15) is 5.01 Å². The Kier molecular flexibility index (Phi) is 2.75. The van der Waals surface area contributed by atoms with Gasteiger partial charge in [-0.2, -0.15) is 0 Å². The van der Waals surface area contributed by atoms with E-state index in [0.717, 1.165) is 18.1 Å². The molecule has 0 radical (unpaired) electrons. The molecule has 1 aromatic heterocycles. The van der Waals surface area contributed by atoms with Crippen LogP contribution in [-0.2, 0) is 10.3 Å². The van der Waals surface area contributed by atoms with Crippen molar-refractivity contribution in [1.29, 1.82) is 0 Å². The molecule has 0 unspecified atom stereocenters. The fourth-order valence-corrected chi connectivity index (χ4v) is 2.19. The van der Waals surface area contributed by atoms with Crippen LogP contribution in [0.25, 0.3) is 0 Å². The molecule has 1 saturated heterocycles. The molecule has 1 fully saturated rings. The minimum absolute atomic E-state index is 0.119. The van der Waals surface area contributed by atoms with Crippen LogP contribution < -0.4 is 10.6 Å². The Bertz CT molecular complexity index is 344. The summed E-state index contributed by atoms with van der Waals surface area (Å²) in [5.41, 5.74) is -0.360. The number of thiazole rings is 1. The molecule has 2 N–H and O–H groups in total. The number of nitrogens with one attached hydrogen (secondary N) is 2. The molecule has 1 aromatic rings. The first-order valence-corrected chi connectivity index (χ1v) is 5.90. The maximum atomic E-state index is 11.8. The van der Waals surface area contributed by atoms with Crippen molar-refractivity contribution in [2.24, 2.45) is 5.92 Å². The van der Waals surface area contributed by atoms with Gasteiger partial charge in [0.2, 0.25) is 5.91 Å². The number of rotatable bonds is 3. The lowest BCUT2D eigenvalue weighted by atomic mass is 9.99. The summed E-state index contributed by atoms with van der Waals surface area (Å²) in [5.74, 6) is 0.248. The predicted molar refractivity (Wildman–Crippen MR) is 59.6 cm³/mol. The van der Waals surface area contributed by atoms with E-state index in [-0.39, 0.29) is 17.4 Å². The first-order valence-electron chi connectivity index (χ1n) is 5.02. The zero-order valence-electron chi connectivity index (χ0n) is 8.91. The van der Waals surface area contributed by atoms with Crippen molar-refractivity contribution in [3.63, 3.8) is 0 Å². The van der Waals surface area contributed by atoms with Crippen LogP contribution in [0.3, 0.4) is 0 Å². The molecule has 0 aliphatic carbocycles. The molecule has 1 aliphatic heterocycles. The molecule has 1 aliphatic rings. The van der Waals surface area contributed by atoms with E-state index in [0.29, 0.717) is 0 Å². The summed E-state index contributed by atoms with van der Waals surface area (Å²) in [5, 5.41) is 8.99. The van der Waals surface area contributed by atoms with Gasteiger partial charge < -0.3 is 10.6 Å². The van der Waals surface area contributed by atoms with Gasteiger partial charge in [0.15, 0.2) is 0 Å². The van der Waals surface area contributed by atoms with E-state index in [1.807, 2.05) is 19.2 Å². The standard InChI is InChI=1S/C10H15N3OS/c1-10(2,9-12-3-4-15-9)13-8(14)7-5-11-6-7/h3-4,7,11H,5-6H2,1-2H3,(H,13,14). The van der Waals surface area contributed by atoms with Gasteiger partial charge in [-0.25, -0.2) is 4.98 Å². The van der Waals surface area contributed by atoms with Crippen LogP contribution in [0.4, 0.5) is 0 Å². The van der Waals surface area contributed by atoms with E-state index in [4.69, 9.17) is 0 Å². The van der Waals surface area contributed by atoms with Gasteiger partial charge in [-0.1, -0.05) is 0 Å². The molecule has 0 saturated carbocycles. The molecule has 0 aromatic carbocycles. The molecule has 4 nitrogen and oxygen atoms in total. The van der Waals surface area contributed by atoms with Gasteiger partial charge in [0.25, 0.3) is 0 Å². The van der Waals surface area contributed by atoms with Crippen molar-refractivity contribution in [2.45, 2.75) is 19.4 Å². The second-order valence-corrected chi connectivity index (χ2v) is 5.20. The van der Waals surface area contributed by atoms with E-state index < -0.39 is 0 Å². The Hall–Kier alpha value is -0.940. The Morgan fingerprint density at radius 3 is 2.87 bits per heavy atom. The fraction of sp³-hybridized carbons (Fsp3) is 0.600. The molecule has 1 amide bonds. The van der Waals surface area contributed by atoms with E-state index >= 15 is 0 Å². The maximum Gasteiger partial charge on any atom is 0.226 e. The van der Waals surface area contributed by atoms with Gasteiger partial charge in [-0.05, 0) is 13.8 Å². The number of hydrogen-bond acceptors (Lipinski definition) is 4. The maximum absolute atomic E-state index is 11.8. The normalized spacial score (nSPS) is 17.2. The van der Waals surface area contributed by atoms with E-state index in [2.05, 4.69) is 15.6 Å². The van der Waals surface area contributed by atoms with Crippen molar-refractivity contribution in [3.8, 4) is 0 Å². The smallest absolute Gasteiger partial charge is 0.226 e. The van der Waals surface area contributed by atoms with Gasteiger partial charge in [-0.15, -0.1) is 11.3 Å². The third-order valence-corrected chi connectivity index (χ3v) is 3.65. The zero-order chi connectivity index (χ0) is 10.9. The monoisotopic (exact) mass is 225 g/mol. The fourth-order valence-electron chi connectivity index (χ4n) is 1.47. The van der Waals surface area contributed by atoms with Crippen molar-refractivity contribution < 1.29 is 4.79 Å². The number of hydrogen-bond donors (Lipinski definition) is 2. The SMILES string of the molecule is CC(C)(NC(=O)C1CNC1)c1nccs1. The van der Waals surface area contributed by atoms with E-state index in [9.17, 15) is 4.79 Å². The second-order valence-electron chi connectivity index (χ2n) is 4.31. The van der Waals surface area contributed by atoms with Gasteiger partial charge in [0, 0.05) is 24.7 Å². The van der Waals surface area contributed by atoms with Gasteiger partial charge in [0.05, 0.1) is 11.5 Å². The summed E-state index contributed by atoms with van der Waals surface area (Å²) in [6.07, 6.45) is 1.76. The minimum Gasteiger partial charge on any atom is -0.344 e. The summed E-state index contributed by atoms with van der Waals surface area (Å²) >= 11 is 1.57. The zero-order valence-corrected chi connectivity index (χ0v) is 9.73. The van der Waals surface area contributed by atoms with Crippen molar-refractivity contribution in [3.05, 3.63) is 16.6 Å². The van der Waals surface area contributed by atoms with E-state index in [1.54, 1.807) is 17.5 Å². The molecule has 82 valence electrons. The van der Waals surface area contributed by atoms with Crippen molar-refractivity contribution >= 4 is 17.2 Å². The van der Waals surface area contributed by atoms with Crippen LogP contribution in [0.2, 0.25) is 0 Å². The third kappa shape index (κ3) is 2.18. The quantitative estimate of drug-likeness (QED) is 0.796. The Labute approximate surface area is 93.1 Å². The number of carbonyl (C=O) groups excluding carboxylic acids is 1. The Morgan fingerprint density at radius 1 is 1.67 bits per heavy atom. The predicted octanol–water partition coefficient (Wildman–Crippen LogP) is 0.714. The van der Waals surface area contributed by atoms with Crippen LogP contribution in [0, 0.1) is 5.92 Å². The molecular formula is C10H15N3OS. The molecule has 0 spiro atoms. The molecule has 2 rings (SSSR count). The number of nitrogens with zero attached hydrogens (tertiary/aromatic N) is 1. The largest absolute Gasteiger partial charge is 0.344 e. The van der Waals surface area contributed by atoms with E-state index in [1.165, 1.54) is 0 Å². The minimum atomic E-state index is -0.360. The molecular weight excluding hydrogens is 210 g/mol. The summed E-state index contributed by atoms with van der Waals surface area (Å²) in [6, 6.07) is 0. The topological polar surface area (TPSA) is 54.0 Å². The van der Waals surface area contributed by atoms with Gasteiger partial charge in [-0.3, -0.25) is 4.79 Å². The first kappa shape index (κ1) is 10.6. The highest BCUT2D eigenvalue weighted by Crippen LogP contribution is 2.22. The summed E-state index contributed by atoms with van der Waals surface area (Å²) < 4.78 is 0. The third-order valence-electron chi connectivity index (χ3n) is 2.55. The van der Waals surface area contributed by atoms with Crippen LogP contribution >= 0.6 is 11.3 Å². The first-order chi connectivity index (χ1) is 7.09. The highest BCUT2D eigenvalue weighted by atomic mass is 32.1. The van der Waals surface area contributed by atoms with Gasteiger partial charge >= 0.3 is 0 Å². The lowest BCUT2D eigenvalue weighted by Crippen LogP contribution is -2.54. The average molecular weight is 225 g/mol. The van der Waals surface area contributed by atoms with Crippen molar-refractivity contribution in [1.82, 2.24) is 15.6 Å². The second kappa shape index (κ2) is 3.90. The molecule has 0 atom stereocenters. The molecule has 15 heavy (non-hydrogen) atoms. The number of carbonyl (C=O) groups is 1. The molecule has 2 heterocycles. The van der Waals surface area contributed by atoms with Crippen LogP contribution in [-0.4, -0.2) is 24.0 Å². The summed E-state index contributed by atoms with van der Waals surface area (Å²) in [4.78, 5) is 16.0. The van der Waals surface area contributed by atoms with Crippen LogP contribution in [0.1, 0.15) is 18.9 Å². The highest BCUT2D eigenvalue weighted by Gasteiger charge is 2.31. The molecule has 5 heteroatoms. The lowest BCUT2D eigenvalue weighted by molar-refractivity contribution is -0.128. The molecule has 0 bridgehead atoms. The number of aromatic nitrogens is 1. The van der Waals surface area contributed by atoms with Crippen molar-refractivity contribution in [2.75, 3.05) is 13.1 Å². The average Bonchev–Trinajstić information content (AvgIpc) is 2.49. The van der Waals surface area contributed by atoms with Crippen LogP contribution in [0.15, 0.2) is 11.6 Å². The lowest BCUT2D eigenvalue weighted by Gasteiger charge is -2.31. The van der Waals surface area contributed by atoms with Crippen LogP contribution in [0.5, 0.6) is 0 Å². The highest BCUT2D eigenvalue weighted by molar-refractivity contribution is 7.09. The Balaban J connectivity index is 2.00. The summed E-state index contributed by atoms with van der Waals surface area (Å²) in [7, 11) is 0. The summed E-state index contributed by atoms with van der Waals surface area (Å²) in [6.45, 7) is 5.55.